The maximum absolute atomic E-state index is 6.39. The van der Waals surface area contributed by atoms with Gasteiger partial charge >= 0.3 is 0 Å². The summed E-state index contributed by atoms with van der Waals surface area (Å²) in [5, 5.41) is 14.6. The molecule has 8 heteroatoms. The zero-order valence-corrected chi connectivity index (χ0v) is 26.1. The fraction of sp³-hybridized carbons (Fsp3) is 0.103. The summed E-state index contributed by atoms with van der Waals surface area (Å²) in [6.45, 7) is 6.51. The first-order valence-corrected chi connectivity index (χ1v) is 15.7. The molecule has 0 radical (unpaired) electrons. The van der Waals surface area contributed by atoms with Gasteiger partial charge in [0.1, 0.15) is 5.82 Å². The second kappa shape index (κ2) is 10.5. The summed E-state index contributed by atoms with van der Waals surface area (Å²) in [6, 6.07) is 33.0. The summed E-state index contributed by atoms with van der Waals surface area (Å²) in [6.07, 6.45) is 5.53. The molecule has 6 heterocycles. The van der Waals surface area contributed by atoms with E-state index in [1.165, 1.54) is 5.56 Å². The Morgan fingerprint density at radius 3 is 2.23 bits per heavy atom. The third kappa shape index (κ3) is 4.25. The van der Waals surface area contributed by atoms with E-state index in [4.69, 9.17) is 24.9 Å². The fourth-order valence-electron chi connectivity index (χ4n) is 6.75. The lowest BCUT2D eigenvalue weighted by molar-refractivity contribution is 0.446. The largest absolute Gasteiger partial charge is 0.421 e. The van der Waals surface area contributed by atoms with E-state index in [-0.39, 0.29) is 0 Å². The van der Waals surface area contributed by atoms with Gasteiger partial charge in [-0.25, -0.2) is 15.0 Å². The molecule has 0 fully saturated rings. The number of rotatable bonds is 5. The molecule has 0 atom stereocenters. The number of ether oxygens (including phenoxy) is 1. The number of aromatic nitrogens is 7. The lowest BCUT2D eigenvalue weighted by atomic mass is 9.96. The molecule has 0 aliphatic heterocycles. The van der Waals surface area contributed by atoms with Crippen LogP contribution in [-0.4, -0.2) is 34.1 Å². The zero-order valence-electron chi connectivity index (χ0n) is 26.1. The van der Waals surface area contributed by atoms with Gasteiger partial charge in [0.2, 0.25) is 11.8 Å². The topological polar surface area (TPSA) is 83.0 Å². The molecule has 0 saturated carbocycles. The van der Waals surface area contributed by atoms with Crippen molar-refractivity contribution in [1.82, 2.24) is 34.1 Å². The predicted octanol–water partition coefficient (Wildman–Crippen LogP) is 9.21. The molecule has 47 heavy (non-hydrogen) atoms. The summed E-state index contributed by atoms with van der Waals surface area (Å²) in [5.41, 5.74) is 7.25. The number of hydrogen-bond donors (Lipinski definition) is 0. The first-order chi connectivity index (χ1) is 23.0. The molecule has 0 unspecified atom stereocenters. The van der Waals surface area contributed by atoms with Crippen molar-refractivity contribution in [2.75, 3.05) is 0 Å². The van der Waals surface area contributed by atoms with Gasteiger partial charge in [-0.3, -0.25) is 8.97 Å². The van der Waals surface area contributed by atoms with Gasteiger partial charge in [-0.2, -0.15) is 0 Å². The molecule has 8 nitrogen and oxygen atoms in total. The quantitative estimate of drug-likeness (QED) is 0.181. The highest BCUT2D eigenvalue weighted by atomic mass is 16.5. The minimum Gasteiger partial charge on any atom is -0.421 e. The van der Waals surface area contributed by atoms with Crippen LogP contribution >= 0.6 is 0 Å². The van der Waals surface area contributed by atoms with Crippen LogP contribution in [0.3, 0.4) is 0 Å². The maximum Gasteiger partial charge on any atom is 0.223 e. The van der Waals surface area contributed by atoms with E-state index >= 15 is 0 Å². The Morgan fingerprint density at radius 1 is 0.617 bits per heavy atom. The minimum atomic E-state index is 0.331. The van der Waals surface area contributed by atoms with Crippen molar-refractivity contribution in [3.05, 3.63) is 127 Å². The molecular weight excluding hydrogens is 582 g/mol. The number of fused-ring (bicyclic) bond motifs is 9. The first-order valence-electron chi connectivity index (χ1n) is 15.7. The van der Waals surface area contributed by atoms with Crippen molar-refractivity contribution >= 4 is 49.1 Å². The summed E-state index contributed by atoms with van der Waals surface area (Å²) in [7, 11) is 0. The maximum atomic E-state index is 6.39. The number of aryl methyl sites for hydroxylation is 1. The molecule has 9 aromatic rings. The third-order valence-electron chi connectivity index (χ3n) is 8.91. The van der Waals surface area contributed by atoms with Crippen LogP contribution < -0.4 is 4.74 Å². The Bertz CT molecular complexity index is 2660. The Balaban J connectivity index is 1.23. The Morgan fingerprint density at radius 2 is 1.38 bits per heavy atom. The van der Waals surface area contributed by atoms with E-state index in [1.807, 2.05) is 54.9 Å². The van der Waals surface area contributed by atoms with Gasteiger partial charge in [-0.15, -0.1) is 10.2 Å². The van der Waals surface area contributed by atoms with Gasteiger partial charge < -0.3 is 4.74 Å². The average molecular weight is 612 g/mol. The van der Waals surface area contributed by atoms with Crippen molar-refractivity contribution in [1.29, 1.82) is 0 Å². The number of para-hydroxylation sites is 1. The summed E-state index contributed by atoms with van der Waals surface area (Å²) in [5.74, 6) is 2.83. The highest BCUT2D eigenvalue weighted by molar-refractivity contribution is 6.12. The smallest absolute Gasteiger partial charge is 0.223 e. The molecule has 0 saturated heterocycles. The Hall–Kier alpha value is -6.15. The number of nitrogens with zero attached hydrogens (tertiary/aromatic N) is 7. The number of hydrogen-bond acceptors (Lipinski definition) is 6. The van der Waals surface area contributed by atoms with E-state index in [9.17, 15) is 0 Å². The normalized spacial score (nSPS) is 11.9. The molecule has 0 aliphatic carbocycles. The van der Waals surface area contributed by atoms with Crippen LogP contribution in [0.2, 0.25) is 0 Å². The van der Waals surface area contributed by atoms with E-state index in [0.29, 0.717) is 17.7 Å². The lowest BCUT2D eigenvalue weighted by Gasteiger charge is -2.14. The second-order valence-corrected chi connectivity index (χ2v) is 12.2. The first kappa shape index (κ1) is 27.2. The molecular formula is C39H29N7O. The second-order valence-electron chi connectivity index (χ2n) is 12.2. The molecule has 0 bridgehead atoms. The SMILES string of the molecule is Cc1ccc2c3cnc(Oc4cc5c(cn4)c4ccccc4n5-c4ccccn4)cc3c3nnc(-c4ccccc4C(C)C)n3c2c1. The molecule has 0 aliphatic rings. The van der Waals surface area contributed by atoms with Crippen LogP contribution in [0.15, 0.2) is 116 Å². The number of pyridine rings is 4. The molecule has 6 aromatic heterocycles. The molecule has 0 N–H and O–H groups in total. The highest BCUT2D eigenvalue weighted by Crippen LogP contribution is 2.37. The average Bonchev–Trinajstić information content (AvgIpc) is 3.69. The van der Waals surface area contributed by atoms with Crippen LogP contribution in [-0.2, 0) is 0 Å². The van der Waals surface area contributed by atoms with E-state index in [0.717, 1.165) is 71.9 Å². The van der Waals surface area contributed by atoms with Crippen molar-refractivity contribution in [3.8, 4) is 29.0 Å². The van der Waals surface area contributed by atoms with Crippen LogP contribution in [0.25, 0.3) is 66.3 Å². The lowest BCUT2D eigenvalue weighted by Crippen LogP contribution is -1.99. The van der Waals surface area contributed by atoms with Crippen molar-refractivity contribution in [2.24, 2.45) is 0 Å². The van der Waals surface area contributed by atoms with E-state index in [1.54, 1.807) is 6.20 Å². The van der Waals surface area contributed by atoms with Gasteiger partial charge in [0.05, 0.1) is 16.6 Å². The van der Waals surface area contributed by atoms with Gasteiger partial charge in [-0.05, 0) is 48.2 Å². The van der Waals surface area contributed by atoms with E-state index < -0.39 is 0 Å². The molecule has 226 valence electrons. The zero-order chi connectivity index (χ0) is 31.6. The van der Waals surface area contributed by atoms with Crippen molar-refractivity contribution in [2.45, 2.75) is 26.7 Å². The Labute approximate surface area is 270 Å². The fourth-order valence-corrected chi connectivity index (χ4v) is 6.75. The minimum absolute atomic E-state index is 0.331. The monoisotopic (exact) mass is 611 g/mol. The molecule has 0 amide bonds. The highest BCUT2D eigenvalue weighted by Gasteiger charge is 2.20. The van der Waals surface area contributed by atoms with Gasteiger partial charge in [0.25, 0.3) is 0 Å². The summed E-state index contributed by atoms with van der Waals surface area (Å²) >= 11 is 0. The van der Waals surface area contributed by atoms with Crippen molar-refractivity contribution < 1.29 is 4.74 Å². The van der Waals surface area contributed by atoms with Crippen LogP contribution in [0.5, 0.6) is 11.8 Å². The number of benzene rings is 3. The van der Waals surface area contributed by atoms with Crippen LogP contribution in [0.4, 0.5) is 0 Å². The molecule has 9 rings (SSSR count). The van der Waals surface area contributed by atoms with Gasteiger partial charge in [-0.1, -0.05) is 74.5 Å². The molecule has 3 aromatic carbocycles. The standard InChI is InChI=1S/C39H29N7O/c1-23(2)25-10-4-5-12-28(25)38-43-44-39-29-19-36(41-21-30(29)27-16-15-24(3)18-33(27)46(38)39)47-37-20-34-31(22-42-37)26-11-6-7-13-32(26)45(34)35-14-8-9-17-40-35/h4-23H,1-3H3. The Kier molecular flexibility index (Phi) is 6.05. The molecule has 0 spiro atoms. The third-order valence-corrected chi connectivity index (χ3v) is 8.91. The van der Waals surface area contributed by atoms with E-state index in [2.05, 4.69) is 89.3 Å². The van der Waals surface area contributed by atoms with Crippen LogP contribution in [0, 0.1) is 6.92 Å². The van der Waals surface area contributed by atoms with Crippen LogP contribution in [0.1, 0.15) is 30.9 Å². The van der Waals surface area contributed by atoms with Crippen molar-refractivity contribution in [3.63, 3.8) is 0 Å². The summed E-state index contributed by atoms with van der Waals surface area (Å²) in [4.78, 5) is 14.1. The summed E-state index contributed by atoms with van der Waals surface area (Å²) < 4.78 is 10.7. The predicted molar refractivity (Wildman–Crippen MR) is 187 cm³/mol. The van der Waals surface area contributed by atoms with Gasteiger partial charge in [0, 0.05) is 63.2 Å². The van der Waals surface area contributed by atoms with Gasteiger partial charge in [0.15, 0.2) is 11.5 Å².